The minimum atomic E-state index is -0.512. The Hall–Kier alpha value is -1.81. The van der Waals surface area contributed by atoms with Gasteiger partial charge < -0.3 is 0 Å². The number of hydrogen-bond donors (Lipinski definition) is 0. The van der Waals surface area contributed by atoms with Crippen molar-refractivity contribution in [3.63, 3.8) is 0 Å². The van der Waals surface area contributed by atoms with Crippen LogP contribution < -0.4 is 0 Å². The average molecular weight is 367 g/mol. The second-order valence-corrected chi connectivity index (χ2v) is 6.19. The van der Waals surface area contributed by atoms with Gasteiger partial charge in [0.25, 0.3) is 11.8 Å². The predicted octanol–water partition coefficient (Wildman–Crippen LogP) is 4.51. The molecular formula is C17H10Cl3NO2. The summed E-state index contributed by atoms with van der Waals surface area (Å²) in [4.78, 5) is 26.0. The van der Waals surface area contributed by atoms with Crippen molar-refractivity contribution in [2.24, 2.45) is 0 Å². The third-order valence-electron chi connectivity index (χ3n) is 3.50. The minimum Gasteiger partial charge on any atom is -0.269 e. The van der Waals surface area contributed by atoms with Crippen molar-refractivity contribution >= 4 is 52.2 Å². The number of carbonyl (C=O) groups excluding carboxylic acids is 2. The van der Waals surface area contributed by atoms with Crippen LogP contribution in [0.4, 0.5) is 0 Å². The van der Waals surface area contributed by atoms with E-state index < -0.39 is 11.8 Å². The highest BCUT2D eigenvalue weighted by Crippen LogP contribution is 2.35. The number of nitrogens with zero attached hydrogens (tertiary/aromatic N) is 1. The fourth-order valence-corrected chi connectivity index (χ4v) is 2.95. The molecule has 1 aliphatic heterocycles. The molecule has 0 spiro atoms. The Morgan fingerprint density at radius 1 is 0.826 bits per heavy atom. The summed E-state index contributed by atoms with van der Waals surface area (Å²) in [5.41, 5.74) is 1.46. The van der Waals surface area contributed by atoms with E-state index in [1.54, 1.807) is 12.1 Å². The van der Waals surface area contributed by atoms with Crippen molar-refractivity contribution in [1.29, 1.82) is 0 Å². The number of carbonyl (C=O) groups is 2. The van der Waals surface area contributed by atoms with Crippen molar-refractivity contribution in [2.45, 2.75) is 6.54 Å². The topological polar surface area (TPSA) is 37.4 Å². The smallest absolute Gasteiger partial charge is 0.269 e. The lowest BCUT2D eigenvalue weighted by molar-refractivity contribution is -0.137. The Morgan fingerprint density at radius 2 is 1.52 bits per heavy atom. The Kier molecular flexibility index (Phi) is 4.44. The number of amides is 2. The van der Waals surface area contributed by atoms with Crippen LogP contribution in [-0.2, 0) is 16.1 Å². The summed E-state index contributed by atoms with van der Waals surface area (Å²) in [5.74, 6) is -0.955. The first-order valence-corrected chi connectivity index (χ1v) is 7.87. The first-order valence-electron chi connectivity index (χ1n) is 6.74. The molecule has 3 nitrogen and oxygen atoms in total. The monoisotopic (exact) mass is 365 g/mol. The van der Waals surface area contributed by atoms with Crippen LogP contribution in [0.2, 0.25) is 10.0 Å². The lowest BCUT2D eigenvalue weighted by Crippen LogP contribution is -2.30. The molecule has 3 rings (SSSR count). The zero-order valence-electron chi connectivity index (χ0n) is 11.7. The average Bonchev–Trinajstić information content (AvgIpc) is 2.75. The van der Waals surface area contributed by atoms with Crippen LogP contribution in [-0.4, -0.2) is 16.7 Å². The highest BCUT2D eigenvalue weighted by atomic mass is 35.5. The molecule has 2 aromatic carbocycles. The fraction of sp³-hybridized carbons (Fsp3) is 0.0588. The molecule has 0 fully saturated rings. The molecule has 2 amide bonds. The minimum absolute atomic E-state index is 0.107. The Labute approximate surface area is 148 Å². The Morgan fingerprint density at radius 3 is 2.17 bits per heavy atom. The predicted molar refractivity (Wildman–Crippen MR) is 91.2 cm³/mol. The second kappa shape index (κ2) is 6.36. The SMILES string of the molecule is O=C1C(Cl)=C(c2ccc(Cl)c(Cl)c2)C(=O)N1Cc1ccccc1. The van der Waals surface area contributed by atoms with Crippen molar-refractivity contribution in [3.05, 3.63) is 74.7 Å². The number of halogens is 3. The molecule has 6 heteroatoms. The fourth-order valence-electron chi connectivity index (χ4n) is 2.36. The number of imide groups is 1. The van der Waals surface area contributed by atoms with Crippen LogP contribution in [0.25, 0.3) is 5.57 Å². The molecule has 0 atom stereocenters. The van der Waals surface area contributed by atoms with Crippen molar-refractivity contribution in [1.82, 2.24) is 4.90 Å². The van der Waals surface area contributed by atoms with E-state index in [-0.39, 0.29) is 17.2 Å². The molecule has 1 aliphatic rings. The van der Waals surface area contributed by atoms with Gasteiger partial charge in [0.15, 0.2) is 0 Å². The van der Waals surface area contributed by atoms with Gasteiger partial charge in [0, 0.05) is 0 Å². The lowest BCUT2D eigenvalue weighted by atomic mass is 10.1. The highest BCUT2D eigenvalue weighted by molar-refractivity contribution is 6.55. The van der Waals surface area contributed by atoms with Gasteiger partial charge in [0.2, 0.25) is 0 Å². The van der Waals surface area contributed by atoms with Crippen molar-refractivity contribution in [3.8, 4) is 0 Å². The third kappa shape index (κ3) is 3.00. The summed E-state index contributed by atoms with van der Waals surface area (Å²) in [6, 6.07) is 13.9. The first kappa shape index (κ1) is 16.1. The van der Waals surface area contributed by atoms with E-state index in [0.717, 1.165) is 10.5 Å². The van der Waals surface area contributed by atoms with Gasteiger partial charge in [0.05, 0.1) is 22.2 Å². The third-order valence-corrected chi connectivity index (χ3v) is 4.59. The summed E-state index contributed by atoms with van der Waals surface area (Å²) in [6.45, 7) is 0.166. The Bertz CT molecular complexity index is 831. The van der Waals surface area contributed by atoms with Gasteiger partial charge >= 0.3 is 0 Å². The van der Waals surface area contributed by atoms with Gasteiger partial charge in [-0.05, 0) is 23.3 Å². The van der Waals surface area contributed by atoms with Crippen LogP contribution in [0.3, 0.4) is 0 Å². The molecule has 0 radical (unpaired) electrons. The van der Waals surface area contributed by atoms with Crippen LogP contribution in [0.15, 0.2) is 53.6 Å². The molecule has 0 aliphatic carbocycles. The van der Waals surface area contributed by atoms with E-state index >= 15 is 0 Å². The molecule has 0 bridgehead atoms. The maximum atomic E-state index is 12.6. The second-order valence-electron chi connectivity index (χ2n) is 5.00. The lowest BCUT2D eigenvalue weighted by Gasteiger charge is -2.14. The van der Waals surface area contributed by atoms with Gasteiger partial charge in [-0.3, -0.25) is 14.5 Å². The van der Waals surface area contributed by atoms with Crippen LogP contribution >= 0.6 is 34.8 Å². The van der Waals surface area contributed by atoms with Gasteiger partial charge in [-0.25, -0.2) is 0 Å². The maximum Gasteiger partial charge on any atom is 0.273 e. The van der Waals surface area contributed by atoms with Crippen molar-refractivity contribution < 1.29 is 9.59 Å². The molecule has 0 aromatic heterocycles. The zero-order valence-corrected chi connectivity index (χ0v) is 14.0. The summed E-state index contributed by atoms with van der Waals surface area (Å²) in [6.07, 6.45) is 0. The molecule has 23 heavy (non-hydrogen) atoms. The maximum absolute atomic E-state index is 12.6. The standard InChI is InChI=1S/C17H10Cl3NO2/c18-12-7-6-11(8-13(12)19)14-15(20)17(23)21(16(14)22)9-10-4-2-1-3-5-10/h1-8H,9H2. The number of benzene rings is 2. The normalized spacial score (nSPS) is 14.8. The summed E-state index contributed by atoms with van der Waals surface area (Å²) < 4.78 is 0. The van der Waals surface area contributed by atoms with Crippen LogP contribution in [0.1, 0.15) is 11.1 Å². The van der Waals surface area contributed by atoms with Crippen molar-refractivity contribution in [2.75, 3.05) is 0 Å². The van der Waals surface area contributed by atoms with Gasteiger partial charge in [0.1, 0.15) is 5.03 Å². The summed E-state index contributed by atoms with van der Waals surface area (Å²) >= 11 is 18.0. The quantitative estimate of drug-likeness (QED) is 0.749. The number of rotatable bonds is 3. The molecule has 0 unspecified atom stereocenters. The van der Waals surface area contributed by atoms with E-state index in [9.17, 15) is 9.59 Å². The molecule has 0 saturated carbocycles. The Balaban J connectivity index is 1.94. The first-order chi connectivity index (χ1) is 11.0. The molecule has 0 saturated heterocycles. The molecule has 1 heterocycles. The van der Waals surface area contributed by atoms with Gasteiger partial charge in [-0.2, -0.15) is 0 Å². The molecule has 0 N–H and O–H groups in total. The number of hydrogen-bond acceptors (Lipinski definition) is 2. The van der Waals surface area contributed by atoms with E-state index in [4.69, 9.17) is 34.8 Å². The van der Waals surface area contributed by atoms with Gasteiger partial charge in [-0.15, -0.1) is 0 Å². The van der Waals surface area contributed by atoms with Crippen LogP contribution in [0.5, 0.6) is 0 Å². The molecule has 2 aromatic rings. The van der Waals surface area contributed by atoms with Crippen LogP contribution in [0, 0.1) is 0 Å². The zero-order chi connectivity index (χ0) is 16.6. The van der Waals surface area contributed by atoms with E-state index in [1.165, 1.54) is 6.07 Å². The summed E-state index contributed by atoms with van der Waals surface area (Å²) in [5, 5.41) is 0.553. The van der Waals surface area contributed by atoms with E-state index in [2.05, 4.69) is 0 Å². The van der Waals surface area contributed by atoms with E-state index in [0.29, 0.717) is 15.6 Å². The largest absolute Gasteiger partial charge is 0.273 e. The van der Waals surface area contributed by atoms with E-state index in [1.807, 2.05) is 30.3 Å². The van der Waals surface area contributed by atoms with Gasteiger partial charge in [-0.1, -0.05) is 71.2 Å². The highest BCUT2D eigenvalue weighted by Gasteiger charge is 2.38. The summed E-state index contributed by atoms with van der Waals surface area (Å²) in [7, 11) is 0. The molecular weight excluding hydrogens is 357 g/mol. The molecule has 116 valence electrons.